The number of amides is 1. The maximum absolute atomic E-state index is 11.8. The molecule has 9 nitrogen and oxygen atoms in total. The van der Waals surface area contributed by atoms with Gasteiger partial charge in [-0.15, -0.1) is 0 Å². The number of nitrogens with one attached hydrogen (secondary N) is 1. The number of aliphatic carboxylic acids is 1. The van der Waals surface area contributed by atoms with Gasteiger partial charge in [-0.3, -0.25) is 9.59 Å². The van der Waals surface area contributed by atoms with Gasteiger partial charge in [0.1, 0.15) is 0 Å². The second-order valence-electron chi connectivity index (χ2n) is 7.27. The summed E-state index contributed by atoms with van der Waals surface area (Å²) in [7, 11) is 1.87. The molecule has 27 heavy (non-hydrogen) atoms. The number of rotatable bonds is 3. The number of aromatic carboxylic acids is 1. The van der Waals surface area contributed by atoms with E-state index in [0.29, 0.717) is 37.4 Å². The zero-order valence-electron chi connectivity index (χ0n) is 14.8. The van der Waals surface area contributed by atoms with Gasteiger partial charge in [0.05, 0.1) is 28.1 Å². The number of imidazole rings is 1. The Kier molecular flexibility index (Phi) is 3.83. The van der Waals surface area contributed by atoms with E-state index in [9.17, 15) is 19.5 Å². The second kappa shape index (κ2) is 5.97. The Morgan fingerprint density at radius 3 is 2.59 bits per heavy atom. The van der Waals surface area contributed by atoms with E-state index in [2.05, 4.69) is 15.2 Å². The van der Waals surface area contributed by atoms with E-state index >= 15 is 0 Å². The Labute approximate surface area is 154 Å². The van der Waals surface area contributed by atoms with Gasteiger partial charge in [-0.1, -0.05) is 0 Å². The smallest absolute Gasteiger partial charge is 0.335 e. The lowest BCUT2D eigenvalue weighted by atomic mass is 9.78. The summed E-state index contributed by atoms with van der Waals surface area (Å²) in [6, 6.07) is 4.83. The Hall–Kier alpha value is -3.10. The van der Waals surface area contributed by atoms with E-state index in [-0.39, 0.29) is 17.9 Å². The first kappa shape index (κ1) is 17.3. The van der Waals surface area contributed by atoms with Gasteiger partial charge in [0.15, 0.2) is 0 Å². The standard InChI is InChI=1S/C18H20N4O5/c1-21-13-3-2-10(15(24)25)8-12(13)19-17(21)22-6-4-18(5-7-22)11(16(26)27)9-14(23)20-18/h2-3,8,11H,4-7,9H2,1H3,(H,20,23)(H,24,25)(H,26,27)/t11-/m0/s1. The summed E-state index contributed by atoms with van der Waals surface area (Å²) in [5.74, 6) is -2.14. The van der Waals surface area contributed by atoms with Gasteiger partial charge >= 0.3 is 11.9 Å². The molecule has 1 amide bonds. The number of piperidine rings is 1. The third kappa shape index (κ3) is 2.70. The largest absolute Gasteiger partial charge is 0.481 e. The fourth-order valence-electron chi connectivity index (χ4n) is 4.30. The number of benzene rings is 1. The zero-order valence-corrected chi connectivity index (χ0v) is 14.8. The molecule has 0 saturated carbocycles. The number of carboxylic acids is 2. The van der Waals surface area contributed by atoms with Gasteiger partial charge in [-0.2, -0.15) is 0 Å². The minimum absolute atomic E-state index is 0.0274. The first-order valence-electron chi connectivity index (χ1n) is 8.79. The highest BCUT2D eigenvalue weighted by atomic mass is 16.4. The number of carboxylic acid groups (broad SMARTS) is 2. The van der Waals surface area contributed by atoms with Crippen molar-refractivity contribution in [3.05, 3.63) is 23.8 Å². The molecule has 0 unspecified atom stereocenters. The van der Waals surface area contributed by atoms with Crippen molar-refractivity contribution in [2.24, 2.45) is 13.0 Å². The molecule has 3 heterocycles. The van der Waals surface area contributed by atoms with Crippen LogP contribution in [0, 0.1) is 5.92 Å². The minimum atomic E-state index is -0.999. The molecular weight excluding hydrogens is 352 g/mol. The quantitative estimate of drug-likeness (QED) is 0.729. The predicted octanol–water partition coefficient (Wildman–Crippen LogP) is 0.831. The molecule has 3 N–H and O–H groups in total. The van der Waals surface area contributed by atoms with Crippen LogP contribution in [0.3, 0.4) is 0 Å². The molecule has 0 bridgehead atoms. The molecule has 1 aromatic carbocycles. The van der Waals surface area contributed by atoms with Crippen molar-refractivity contribution in [3.63, 3.8) is 0 Å². The average Bonchev–Trinajstić information content (AvgIpc) is 3.13. The van der Waals surface area contributed by atoms with Gasteiger partial charge in [-0.05, 0) is 31.0 Å². The lowest BCUT2D eigenvalue weighted by molar-refractivity contribution is -0.144. The van der Waals surface area contributed by atoms with Crippen molar-refractivity contribution in [1.82, 2.24) is 14.9 Å². The molecule has 142 valence electrons. The molecule has 0 radical (unpaired) electrons. The van der Waals surface area contributed by atoms with Crippen LogP contribution in [0.1, 0.15) is 29.6 Å². The molecule has 2 fully saturated rings. The minimum Gasteiger partial charge on any atom is -0.481 e. The molecule has 2 saturated heterocycles. The van der Waals surface area contributed by atoms with Crippen LogP contribution in [0.5, 0.6) is 0 Å². The number of aryl methyl sites for hydroxylation is 1. The van der Waals surface area contributed by atoms with Crippen molar-refractivity contribution in [1.29, 1.82) is 0 Å². The van der Waals surface area contributed by atoms with Crippen LogP contribution in [-0.4, -0.2) is 56.2 Å². The second-order valence-corrected chi connectivity index (χ2v) is 7.27. The zero-order chi connectivity index (χ0) is 19.3. The van der Waals surface area contributed by atoms with Gasteiger partial charge < -0.3 is 25.0 Å². The molecule has 2 aromatic rings. The number of aromatic nitrogens is 2. The van der Waals surface area contributed by atoms with E-state index in [4.69, 9.17) is 5.11 Å². The Morgan fingerprint density at radius 1 is 1.26 bits per heavy atom. The van der Waals surface area contributed by atoms with Crippen molar-refractivity contribution in [3.8, 4) is 0 Å². The van der Waals surface area contributed by atoms with Crippen molar-refractivity contribution in [2.45, 2.75) is 24.8 Å². The summed E-state index contributed by atoms with van der Waals surface area (Å²) < 4.78 is 1.90. The van der Waals surface area contributed by atoms with Crippen LogP contribution in [-0.2, 0) is 16.6 Å². The maximum Gasteiger partial charge on any atom is 0.335 e. The summed E-state index contributed by atoms with van der Waals surface area (Å²) in [6.45, 7) is 1.13. The molecule has 1 atom stereocenters. The number of hydrogen-bond acceptors (Lipinski definition) is 5. The normalized spacial score (nSPS) is 21.6. The molecule has 1 aromatic heterocycles. The molecule has 2 aliphatic heterocycles. The van der Waals surface area contributed by atoms with E-state index in [1.165, 1.54) is 0 Å². The highest BCUT2D eigenvalue weighted by Gasteiger charge is 2.51. The Morgan fingerprint density at radius 2 is 1.96 bits per heavy atom. The molecule has 1 spiro atoms. The lowest BCUT2D eigenvalue weighted by Crippen LogP contribution is -2.56. The average molecular weight is 372 g/mol. The number of carbonyl (C=O) groups excluding carboxylic acids is 1. The molecular formula is C18H20N4O5. The first-order chi connectivity index (χ1) is 12.8. The summed E-state index contributed by atoms with van der Waals surface area (Å²) in [4.78, 5) is 41.2. The van der Waals surface area contributed by atoms with Crippen LogP contribution < -0.4 is 10.2 Å². The third-order valence-corrected chi connectivity index (χ3v) is 5.79. The van der Waals surface area contributed by atoms with Crippen molar-refractivity contribution >= 4 is 34.8 Å². The maximum atomic E-state index is 11.8. The monoisotopic (exact) mass is 372 g/mol. The fraction of sp³-hybridized carbons (Fsp3) is 0.444. The predicted molar refractivity (Wildman–Crippen MR) is 95.7 cm³/mol. The number of hydrogen-bond donors (Lipinski definition) is 3. The van der Waals surface area contributed by atoms with Gasteiger partial charge in [-0.25, -0.2) is 9.78 Å². The lowest BCUT2D eigenvalue weighted by Gasteiger charge is -2.41. The Balaban J connectivity index is 1.60. The van der Waals surface area contributed by atoms with Crippen LogP contribution >= 0.6 is 0 Å². The van der Waals surface area contributed by atoms with Gasteiger partial charge in [0.25, 0.3) is 0 Å². The summed E-state index contributed by atoms with van der Waals surface area (Å²) >= 11 is 0. The molecule has 2 aliphatic rings. The number of carbonyl (C=O) groups is 3. The third-order valence-electron chi connectivity index (χ3n) is 5.79. The number of anilines is 1. The van der Waals surface area contributed by atoms with Crippen molar-refractivity contribution in [2.75, 3.05) is 18.0 Å². The highest BCUT2D eigenvalue weighted by Crippen LogP contribution is 2.38. The highest BCUT2D eigenvalue weighted by molar-refractivity contribution is 5.93. The molecule has 4 rings (SSSR count). The first-order valence-corrected chi connectivity index (χ1v) is 8.79. The molecule has 9 heteroatoms. The van der Waals surface area contributed by atoms with E-state index < -0.39 is 23.4 Å². The SMILES string of the molecule is Cn1c(N2CCC3(CC2)NC(=O)C[C@H]3C(=O)O)nc2cc(C(=O)O)ccc21. The topological polar surface area (TPSA) is 125 Å². The summed E-state index contributed by atoms with van der Waals surface area (Å²) in [5.41, 5.74) is 0.918. The van der Waals surface area contributed by atoms with Crippen LogP contribution in [0.4, 0.5) is 5.95 Å². The summed E-state index contributed by atoms with van der Waals surface area (Å²) in [5, 5.41) is 21.5. The number of fused-ring (bicyclic) bond motifs is 1. The van der Waals surface area contributed by atoms with E-state index in [1.807, 2.05) is 11.6 Å². The number of nitrogens with zero attached hydrogens (tertiary/aromatic N) is 3. The van der Waals surface area contributed by atoms with Crippen LogP contribution in [0.2, 0.25) is 0 Å². The van der Waals surface area contributed by atoms with Crippen LogP contribution in [0.25, 0.3) is 11.0 Å². The van der Waals surface area contributed by atoms with Gasteiger partial charge in [0, 0.05) is 26.6 Å². The van der Waals surface area contributed by atoms with Gasteiger partial charge in [0.2, 0.25) is 11.9 Å². The summed E-state index contributed by atoms with van der Waals surface area (Å²) in [6.07, 6.45) is 1.08. The van der Waals surface area contributed by atoms with E-state index in [0.717, 1.165) is 5.52 Å². The molecule has 0 aliphatic carbocycles. The van der Waals surface area contributed by atoms with E-state index in [1.54, 1.807) is 18.2 Å². The fourth-order valence-corrected chi connectivity index (χ4v) is 4.30. The van der Waals surface area contributed by atoms with Crippen LogP contribution in [0.15, 0.2) is 18.2 Å². The van der Waals surface area contributed by atoms with Crippen molar-refractivity contribution < 1.29 is 24.6 Å². The Bertz CT molecular complexity index is 958.